The lowest BCUT2D eigenvalue weighted by molar-refractivity contribution is -0.123. The topological polar surface area (TPSA) is 69.6 Å². The molecule has 0 bridgehead atoms. The normalized spacial score (nSPS) is 13.8. The number of rotatable bonds is 9. The predicted octanol–water partition coefficient (Wildman–Crippen LogP) is 6.49. The minimum Gasteiger partial charge on any atom is -0.396 e. The fourth-order valence-electron chi connectivity index (χ4n) is 4.45. The number of aliphatic hydroxyl groups is 1. The number of benzene rings is 2. The van der Waals surface area contributed by atoms with Gasteiger partial charge in [-0.25, -0.2) is 0 Å². The molecule has 3 aromatic rings. The van der Waals surface area contributed by atoms with Crippen LogP contribution in [0.1, 0.15) is 53.2 Å². The van der Waals surface area contributed by atoms with Crippen molar-refractivity contribution in [2.45, 2.75) is 46.7 Å². The molecule has 2 aromatic carbocycles. The van der Waals surface area contributed by atoms with E-state index in [9.17, 15) is 14.7 Å². The van der Waals surface area contributed by atoms with Gasteiger partial charge in [0.1, 0.15) is 6.04 Å². The minimum atomic E-state index is -0.790. The van der Waals surface area contributed by atoms with Gasteiger partial charge < -0.3 is 15.3 Å². The first-order valence-corrected chi connectivity index (χ1v) is 13.0. The summed E-state index contributed by atoms with van der Waals surface area (Å²) >= 11 is 7.36. The van der Waals surface area contributed by atoms with Crippen LogP contribution in [0.15, 0.2) is 60.7 Å². The largest absolute Gasteiger partial charge is 0.396 e. The van der Waals surface area contributed by atoms with Crippen LogP contribution in [0.4, 0.5) is 5.69 Å². The number of halogens is 1. The monoisotopic (exact) mass is 512 g/mol. The van der Waals surface area contributed by atoms with Gasteiger partial charge in [0.05, 0.1) is 15.3 Å². The molecule has 35 heavy (non-hydrogen) atoms. The average molecular weight is 513 g/mol. The number of carbonyl (C=O) groups excluding carboxylic acids is 2. The average Bonchev–Trinajstić information content (AvgIpc) is 3.27. The number of anilines is 1. The Balaban J connectivity index is 2.15. The molecule has 0 spiro atoms. The Morgan fingerprint density at radius 3 is 2.11 bits per heavy atom. The van der Waals surface area contributed by atoms with E-state index in [4.69, 9.17) is 11.6 Å². The maximum atomic E-state index is 14.0. The minimum absolute atomic E-state index is 0.141. The molecule has 0 radical (unpaired) electrons. The summed E-state index contributed by atoms with van der Waals surface area (Å²) in [6.45, 7) is 9.51. The second kappa shape index (κ2) is 11.8. The van der Waals surface area contributed by atoms with Crippen LogP contribution in [0.2, 0.25) is 4.34 Å². The van der Waals surface area contributed by atoms with Crippen molar-refractivity contribution in [1.82, 2.24) is 4.90 Å². The number of aryl methyl sites for hydroxylation is 2. The first-order valence-electron chi connectivity index (χ1n) is 11.8. The molecule has 5 nitrogen and oxygen atoms in total. The molecular weight excluding hydrogens is 480 g/mol. The number of hydrogen-bond acceptors (Lipinski definition) is 4. The van der Waals surface area contributed by atoms with E-state index in [0.29, 0.717) is 9.21 Å². The van der Waals surface area contributed by atoms with E-state index in [1.54, 1.807) is 17.0 Å². The summed E-state index contributed by atoms with van der Waals surface area (Å²) in [7, 11) is 0. The van der Waals surface area contributed by atoms with Crippen LogP contribution in [0, 0.1) is 25.7 Å². The summed E-state index contributed by atoms with van der Waals surface area (Å²) < 4.78 is 0.501. The molecule has 0 fully saturated rings. The quantitative estimate of drug-likeness (QED) is 0.344. The molecule has 2 N–H and O–H groups in total. The predicted molar refractivity (Wildman–Crippen MR) is 144 cm³/mol. The molecule has 0 aliphatic rings. The Labute approximate surface area is 216 Å². The molecule has 0 aliphatic heterocycles. The van der Waals surface area contributed by atoms with E-state index >= 15 is 0 Å². The Bertz CT molecular complexity index is 1140. The highest BCUT2D eigenvalue weighted by atomic mass is 35.5. The molecule has 7 heteroatoms. The van der Waals surface area contributed by atoms with Gasteiger partial charge >= 0.3 is 0 Å². The van der Waals surface area contributed by atoms with Gasteiger partial charge in [-0.15, -0.1) is 11.3 Å². The lowest BCUT2D eigenvalue weighted by Gasteiger charge is -2.41. The lowest BCUT2D eigenvalue weighted by Crippen LogP contribution is -2.53. The summed E-state index contributed by atoms with van der Waals surface area (Å²) in [5, 5.41) is 13.3. The van der Waals surface area contributed by atoms with Crippen molar-refractivity contribution in [3.8, 4) is 0 Å². The first-order chi connectivity index (χ1) is 16.6. The number of nitrogens with one attached hydrogen (secondary N) is 1. The number of aliphatic hydroxyl groups excluding tert-OH is 1. The van der Waals surface area contributed by atoms with Gasteiger partial charge in [-0.2, -0.15) is 0 Å². The summed E-state index contributed by atoms with van der Waals surface area (Å²) in [5.74, 6) is -1.06. The summed E-state index contributed by atoms with van der Waals surface area (Å²) in [5.41, 5.74) is 3.51. The molecule has 0 unspecified atom stereocenters. The number of carbonyl (C=O) groups is 2. The van der Waals surface area contributed by atoms with Crippen molar-refractivity contribution in [2.24, 2.45) is 11.8 Å². The van der Waals surface area contributed by atoms with Crippen molar-refractivity contribution in [2.75, 3.05) is 11.9 Å². The van der Waals surface area contributed by atoms with Crippen LogP contribution in [-0.4, -0.2) is 34.5 Å². The van der Waals surface area contributed by atoms with E-state index in [2.05, 4.69) is 5.32 Å². The molecule has 1 aromatic heterocycles. The van der Waals surface area contributed by atoms with E-state index in [-0.39, 0.29) is 30.3 Å². The molecule has 0 saturated carbocycles. The van der Waals surface area contributed by atoms with E-state index < -0.39 is 12.1 Å². The number of nitrogens with zero attached hydrogens (tertiary/aromatic N) is 1. The zero-order valence-corrected chi connectivity index (χ0v) is 22.4. The van der Waals surface area contributed by atoms with Gasteiger partial charge in [0.2, 0.25) is 5.91 Å². The zero-order chi connectivity index (χ0) is 25.7. The van der Waals surface area contributed by atoms with Crippen molar-refractivity contribution in [3.05, 3.63) is 86.6 Å². The Kier molecular flexibility index (Phi) is 9.11. The standard InChI is InChI=1S/C28H33ClN2O3S/c1-17(2)25(27(33)30-24-18(3)10-9-11-19(24)4)31(28(34)22-14-15-23(29)35-22)26(20(5)16-32)21-12-7-6-8-13-21/h6-15,17,20,25-26,32H,16H2,1-5H3,(H,30,33)/t20-,25+,26+/m1/s1. The highest BCUT2D eigenvalue weighted by Crippen LogP contribution is 2.36. The van der Waals surface area contributed by atoms with E-state index in [1.165, 1.54) is 11.3 Å². The molecule has 0 saturated heterocycles. The highest BCUT2D eigenvalue weighted by Gasteiger charge is 2.41. The fraction of sp³-hybridized carbons (Fsp3) is 0.357. The van der Waals surface area contributed by atoms with Gasteiger partial charge in [0.25, 0.3) is 5.91 Å². The van der Waals surface area contributed by atoms with Crippen LogP contribution >= 0.6 is 22.9 Å². The second-order valence-corrected chi connectivity index (χ2v) is 11.0. The summed E-state index contributed by atoms with van der Waals surface area (Å²) in [4.78, 5) is 30.0. The Morgan fingerprint density at radius 2 is 1.60 bits per heavy atom. The van der Waals surface area contributed by atoms with Crippen molar-refractivity contribution >= 4 is 40.4 Å². The third-order valence-corrected chi connectivity index (χ3v) is 7.43. The first kappa shape index (κ1) is 26.9. The molecule has 3 rings (SSSR count). The van der Waals surface area contributed by atoms with Gasteiger partial charge in [-0.3, -0.25) is 9.59 Å². The SMILES string of the molecule is Cc1cccc(C)c1NC(=O)[C@H](C(C)C)N(C(=O)c1ccc(Cl)s1)[C@H](c1ccccc1)[C@H](C)CO. The molecule has 0 aliphatic carbocycles. The van der Waals surface area contributed by atoms with E-state index in [1.807, 2.05) is 83.1 Å². The highest BCUT2D eigenvalue weighted by molar-refractivity contribution is 7.18. The fourth-order valence-corrected chi connectivity index (χ4v) is 5.44. The number of para-hydroxylation sites is 1. The van der Waals surface area contributed by atoms with Crippen molar-refractivity contribution in [3.63, 3.8) is 0 Å². The molecular formula is C28H33ClN2O3S. The Hall–Kier alpha value is -2.67. The smallest absolute Gasteiger partial charge is 0.265 e. The van der Waals surface area contributed by atoms with Crippen LogP contribution in [0.3, 0.4) is 0 Å². The third-order valence-electron chi connectivity index (χ3n) is 6.22. The zero-order valence-electron chi connectivity index (χ0n) is 20.8. The Morgan fingerprint density at radius 1 is 0.971 bits per heavy atom. The maximum Gasteiger partial charge on any atom is 0.265 e. The van der Waals surface area contributed by atoms with Gasteiger partial charge in [-0.1, -0.05) is 80.9 Å². The molecule has 186 valence electrons. The van der Waals surface area contributed by atoms with E-state index in [0.717, 1.165) is 22.4 Å². The summed E-state index contributed by atoms with van der Waals surface area (Å²) in [6, 6.07) is 17.5. The van der Waals surface area contributed by atoms with Crippen LogP contribution in [-0.2, 0) is 4.79 Å². The third kappa shape index (κ3) is 6.13. The van der Waals surface area contributed by atoms with Gasteiger partial charge in [0, 0.05) is 18.2 Å². The van der Waals surface area contributed by atoms with Crippen LogP contribution in [0.5, 0.6) is 0 Å². The van der Waals surface area contributed by atoms with Crippen LogP contribution < -0.4 is 5.32 Å². The van der Waals surface area contributed by atoms with Gasteiger partial charge in [0.15, 0.2) is 0 Å². The number of amides is 2. The molecule has 3 atom stereocenters. The second-order valence-electron chi connectivity index (χ2n) is 9.28. The van der Waals surface area contributed by atoms with Crippen molar-refractivity contribution < 1.29 is 14.7 Å². The molecule has 1 heterocycles. The maximum absolute atomic E-state index is 14.0. The molecule has 2 amide bonds. The summed E-state index contributed by atoms with van der Waals surface area (Å²) in [6.07, 6.45) is 0. The van der Waals surface area contributed by atoms with Crippen molar-refractivity contribution in [1.29, 1.82) is 0 Å². The van der Waals surface area contributed by atoms with Gasteiger partial charge in [-0.05, 0) is 48.6 Å². The lowest BCUT2D eigenvalue weighted by atomic mass is 9.89. The number of thiophene rings is 1. The van der Waals surface area contributed by atoms with Crippen LogP contribution in [0.25, 0.3) is 0 Å². The number of hydrogen-bond donors (Lipinski definition) is 2.